The highest BCUT2D eigenvalue weighted by Gasteiger charge is 2.16. The zero-order valence-electron chi connectivity index (χ0n) is 30.6. The van der Waals surface area contributed by atoms with E-state index in [-0.39, 0.29) is 5.43 Å². The third-order valence-electron chi connectivity index (χ3n) is 8.59. The predicted octanol–water partition coefficient (Wildman–Crippen LogP) is 6.80. The molecule has 0 aliphatic rings. The Morgan fingerprint density at radius 2 is 1.29 bits per heavy atom. The second-order valence-corrected chi connectivity index (χ2v) is 12.3. The minimum Gasteiger partial charge on any atom is -0.493 e. The van der Waals surface area contributed by atoms with Crippen molar-refractivity contribution in [2.45, 2.75) is 39.8 Å². The van der Waals surface area contributed by atoms with Crippen LogP contribution in [0.2, 0.25) is 0 Å². The van der Waals surface area contributed by atoms with Gasteiger partial charge in [-0.2, -0.15) is 0 Å². The second-order valence-electron chi connectivity index (χ2n) is 12.3. The summed E-state index contributed by atoms with van der Waals surface area (Å²) in [5, 5.41) is 0.564. The summed E-state index contributed by atoms with van der Waals surface area (Å²) in [7, 11) is 3.38. The fraction of sp³-hybridized carbons (Fsp3) is 0.390. The number of para-hydroxylation sites is 1. The number of fused-ring (bicyclic) bond motifs is 1. The fourth-order valence-corrected chi connectivity index (χ4v) is 5.63. The van der Waals surface area contributed by atoms with Gasteiger partial charge in [-0.15, -0.1) is 0 Å². The molecule has 11 nitrogen and oxygen atoms in total. The van der Waals surface area contributed by atoms with E-state index in [2.05, 4.69) is 4.90 Å². The van der Waals surface area contributed by atoms with Crippen molar-refractivity contribution in [2.24, 2.45) is 0 Å². The van der Waals surface area contributed by atoms with Gasteiger partial charge < -0.3 is 32.8 Å². The van der Waals surface area contributed by atoms with Crippen molar-refractivity contribution in [1.29, 1.82) is 0 Å². The Labute approximate surface area is 305 Å². The van der Waals surface area contributed by atoms with Gasteiger partial charge in [-0.3, -0.25) is 19.7 Å². The highest BCUT2D eigenvalue weighted by atomic mass is 16.5. The molecule has 0 N–H and O–H groups in total. The quantitative estimate of drug-likeness (QED) is 0.0707. The number of pyridine rings is 2. The van der Waals surface area contributed by atoms with Crippen LogP contribution in [0.25, 0.3) is 22.3 Å². The SMILES string of the molecule is COCCCOc1ccnc(CN(CCOCCOc2ccc(-c3cc(=O)c4ccccc4o3)cc2)Cc2nccc(OCCCOC)c2C)c1C. The highest BCUT2D eigenvalue weighted by Crippen LogP contribution is 2.26. The van der Waals surface area contributed by atoms with Gasteiger partial charge in [-0.25, -0.2) is 0 Å². The van der Waals surface area contributed by atoms with Crippen molar-refractivity contribution in [3.8, 4) is 28.6 Å². The molecule has 0 saturated heterocycles. The van der Waals surface area contributed by atoms with Crippen molar-refractivity contribution in [3.05, 3.63) is 112 Å². The average molecular weight is 712 g/mol. The summed E-state index contributed by atoms with van der Waals surface area (Å²) in [4.78, 5) is 24.2. The lowest BCUT2D eigenvalue weighted by molar-refractivity contribution is 0.0752. The molecule has 0 saturated carbocycles. The Bertz CT molecular complexity index is 1830. The summed E-state index contributed by atoms with van der Waals surface area (Å²) in [5.41, 5.74) is 5.17. The Balaban J connectivity index is 1.17. The molecular formula is C41H49N3O8. The average Bonchev–Trinajstić information content (AvgIpc) is 3.16. The fourth-order valence-electron chi connectivity index (χ4n) is 5.63. The zero-order valence-corrected chi connectivity index (χ0v) is 30.6. The van der Waals surface area contributed by atoms with Crippen LogP contribution in [0.4, 0.5) is 0 Å². The van der Waals surface area contributed by atoms with E-state index in [9.17, 15) is 4.79 Å². The van der Waals surface area contributed by atoms with Crippen LogP contribution in [0.3, 0.4) is 0 Å². The number of nitrogens with zero attached hydrogens (tertiary/aromatic N) is 3. The monoisotopic (exact) mass is 711 g/mol. The number of ether oxygens (including phenoxy) is 6. The molecule has 0 aliphatic heterocycles. The highest BCUT2D eigenvalue weighted by molar-refractivity contribution is 5.78. The lowest BCUT2D eigenvalue weighted by atomic mass is 10.1. The van der Waals surface area contributed by atoms with Gasteiger partial charge >= 0.3 is 0 Å². The lowest BCUT2D eigenvalue weighted by Crippen LogP contribution is -2.29. The molecule has 5 rings (SSSR count). The van der Waals surface area contributed by atoms with E-state index in [0.717, 1.165) is 52.4 Å². The molecule has 3 heterocycles. The maximum Gasteiger partial charge on any atom is 0.193 e. The van der Waals surface area contributed by atoms with Crippen LogP contribution in [0.5, 0.6) is 17.2 Å². The van der Waals surface area contributed by atoms with E-state index in [1.165, 1.54) is 6.07 Å². The van der Waals surface area contributed by atoms with E-state index in [4.69, 9.17) is 42.8 Å². The molecule has 52 heavy (non-hydrogen) atoms. The van der Waals surface area contributed by atoms with Crippen molar-refractivity contribution < 1.29 is 32.8 Å². The molecule has 276 valence electrons. The van der Waals surface area contributed by atoms with Crippen molar-refractivity contribution in [2.75, 3.05) is 67.0 Å². The summed E-state index contributed by atoms with van der Waals surface area (Å²) in [6, 6.07) is 20.1. The predicted molar refractivity (Wildman–Crippen MR) is 200 cm³/mol. The van der Waals surface area contributed by atoms with Crippen LogP contribution in [0.15, 0.2) is 88.3 Å². The normalized spacial score (nSPS) is 11.3. The van der Waals surface area contributed by atoms with Crippen molar-refractivity contribution in [1.82, 2.24) is 14.9 Å². The maximum absolute atomic E-state index is 12.5. The standard InChI is InChI=1S/C41H49N3O8/c1-30-35(42-17-15-38(30)50-22-7-20-46-3)28-44(29-36-31(2)39(16-18-43-36)51-23-8-21-47-4)19-24-48-25-26-49-33-13-11-32(12-14-33)41-27-37(45)34-9-5-6-10-40(34)52-41/h5-6,9-18,27H,7-8,19-26,28-29H2,1-4H3. The molecule has 5 aromatic rings. The number of hydrogen-bond donors (Lipinski definition) is 0. The van der Waals surface area contributed by atoms with Crippen LogP contribution in [-0.4, -0.2) is 81.9 Å². The van der Waals surface area contributed by atoms with E-state index in [0.29, 0.717) is 88.4 Å². The summed E-state index contributed by atoms with van der Waals surface area (Å²) < 4.78 is 40.4. The largest absolute Gasteiger partial charge is 0.493 e. The van der Waals surface area contributed by atoms with Crippen LogP contribution in [0, 0.1) is 13.8 Å². The summed E-state index contributed by atoms with van der Waals surface area (Å²) in [6.45, 7) is 9.64. The third kappa shape index (κ3) is 11.1. The minimum absolute atomic E-state index is 0.0711. The second kappa shape index (κ2) is 20.3. The number of hydrogen-bond acceptors (Lipinski definition) is 11. The van der Waals surface area contributed by atoms with Gasteiger partial charge in [-0.1, -0.05) is 12.1 Å². The van der Waals surface area contributed by atoms with E-state index in [1.807, 2.05) is 62.4 Å². The van der Waals surface area contributed by atoms with Gasteiger partial charge in [0, 0.05) is 95.1 Å². The van der Waals surface area contributed by atoms with Gasteiger partial charge in [0.2, 0.25) is 0 Å². The molecular weight excluding hydrogens is 662 g/mol. The third-order valence-corrected chi connectivity index (χ3v) is 8.59. The topological polar surface area (TPSA) is 115 Å². The number of methoxy groups -OCH3 is 2. The molecule has 2 aromatic carbocycles. The first-order valence-electron chi connectivity index (χ1n) is 17.7. The summed E-state index contributed by atoms with van der Waals surface area (Å²) >= 11 is 0. The van der Waals surface area contributed by atoms with Gasteiger partial charge in [0.25, 0.3) is 0 Å². The van der Waals surface area contributed by atoms with E-state index < -0.39 is 0 Å². The molecule has 11 heteroatoms. The molecule has 0 unspecified atom stereocenters. The molecule has 0 atom stereocenters. The first-order chi connectivity index (χ1) is 25.5. The molecule has 0 fully saturated rings. The van der Waals surface area contributed by atoms with Gasteiger partial charge in [0.15, 0.2) is 5.43 Å². The van der Waals surface area contributed by atoms with Crippen LogP contribution >= 0.6 is 0 Å². The number of benzene rings is 2. The number of aromatic nitrogens is 2. The lowest BCUT2D eigenvalue weighted by Gasteiger charge is -2.24. The Morgan fingerprint density at radius 3 is 1.90 bits per heavy atom. The minimum atomic E-state index is -0.0711. The van der Waals surface area contributed by atoms with Gasteiger partial charge in [0.05, 0.1) is 43.2 Å². The van der Waals surface area contributed by atoms with Gasteiger partial charge in [-0.05, 0) is 62.4 Å². The van der Waals surface area contributed by atoms with E-state index >= 15 is 0 Å². The smallest absolute Gasteiger partial charge is 0.193 e. The molecule has 3 aromatic heterocycles. The zero-order chi connectivity index (χ0) is 36.5. The molecule has 0 spiro atoms. The Morgan fingerprint density at radius 1 is 0.673 bits per heavy atom. The summed E-state index contributed by atoms with van der Waals surface area (Å²) in [6.07, 6.45) is 5.21. The number of rotatable bonds is 22. The van der Waals surface area contributed by atoms with E-state index in [1.54, 1.807) is 38.7 Å². The first kappa shape index (κ1) is 38.4. The molecule has 0 bridgehead atoms. The Hall–Kier alpha value is -4.81. The molecule has 0 aliphatic carbocycles. The van der Waals surface area contributed by atoms with Crippen LogP contribution in [0.1, 0.15) is 35.4 Å². The Kier molecular flexibility index (Phi) is 15.0. The van der Waals surface area contributed by atoms with Crippen LogP contribution in [-0.2, 0) is 27.3 Å². The van der Waals surface area contributed by atoms with Crippen molar-refractivity contribution >= 4 is 11.0 Å². The van der Waals surface area contributed by atoms with Crippen molar-refractivity contribution in [3.63, 3.8) is 0 Å². The van der Waals surface area contributed by atoms with Crippen LogP contribution < -0.4 is 19.6 Å². The summed E-state index contributed by atoms with van der Waals surface area (Å²) in [5.74, 6) is 2.87. The molecule has 0 radical (unpaired) electrons. The first-order valence-corrected chi connectivity index (χ1v) is 17.7. The van der Waals surface area contributed by atoms with Gasteiger partial charge in [0.1, 0.15) is 35.2 Å². The molecule has 0 amide bonds. The maximum atomic E-state index is 12.5.